The fourth-order valence-electron chi connectivity index (χ4n) is 2.93. The molecule has 3 heteroatoms. The Balaban J connectivity index is 2.05. The van der Waals surface area contributed by atoms with Crippen LogP contribution in [0.4, 0.5) is 5.69 Å². The summed E-state index contributed by atoms with van der Waals surface area (Å²) in [6.45, 7) is 5.54. The monoisotopic (exact) mass is 290 g/mol. The fourth-order valence-corrected chi connectivity index (χ4v) is 3.29. The van der Waals surface area contributed by atoms with E-state index in [9.17, 15) is 0 Å². The van der Waals surface area contributed by atoms with Crippen molar-refractivity contribution in [3.8, 4) is 0 Å². The molecule has 0 spiro atoms. The Bertz CT molecular complexity index is 444. The van der Waals surface area contributed by atoms with Crippen LogP contribution in [0.25, 0.3) is 0 Å². The van der Waals surface area contributed by atoms with Gasteiger partial charge in [0, 0.05) is 18.3 Å². The van der Waals surface area contributed by atoms with Crippen LogP contribution < -0.4 is 5.32 Å². The third-order valence-electron chi connectivity index (χ3n) is 4.20. The molecular formula is C17H26N2S. The van der Waals surface area contributed by atoms with Crippen LogP contribution in [0.1, 0.15) is 51.5 Å². The summed E-state index contributed by atoms with van der Waals surface area (Å²) in [5, 5.41) is 4.33. The van der Waals surface area contributed by atoms with E-state index in [0.29, 0.717) is 6.04 Å². The first-order valence-electron chi connectivity index (χ1n) is 7.91. The Labute approximate surface area is 128 Å². The number of rotatable bonds is 3. The van der Waals surface area contributed by atoms with Crippen molar-refractivity contribution in [2.45, 2.75) is 58.4 Å². The molecule has 110 valence electrons. The second-order valence-electron chi connectivity index (χ2n) is 5.59. The molecular weight excluding hydrogens is 264 g/mol. The molecule has 1 aromatic carbocycles. The molecule has 1 aliphatic heterocycles. The summed E-state index contributed by atoms with van der Waals surface area (Å²) in [6.07, 6.45) is 7.44. The number of nitrogens with zero attached hydrogens (tertiary/aromatic N) is 1. The molecule has 1 aliphatic rings. The van der Waals surface area contributed by atoms with E-state index in [0.717, 1.165) is 23.8 Å². The zero-order chi connectivity index (χ0) is 14.4. The van der Waals surface area contributed by atoms with Crippen LogP contribution in [0.15, 0.2) is 24.3 Å². The SMILES string of the molecule is CCc1cccc(NC(=S)N2CCCCCC2CC)c1. The number of benzene rings is 1. The maximum atomic E-state index is 5.65. The molecule has 1 aromatic rings. The Morgan fingerprint density at radius 1 is 1.30 bits per heavy atom. The number of hydrogen-bond donors (Lipinski definition) is 1. The molecule has 1 unspecified atom stereocenters. The van der Waals surface area contributed by atoms with Crippen molar-refractivity contribution in [2.75, 3.05) is 11.9 Å². The number of anilines is 1. The van der Waals surface area contributed by atoms with Gasteiger partial charge in [-0.25, -0.2) is 0 Å². The molecule has 0 amide bonds. The van der Waals surface area contributed by atoms with Gasteiger partial charge < -0.3 is 10.2 Å². The van der Waals surface area contributed by atoms with Crippen LogP contribution in [0.2, 0.25) is 0 Å². The van der Waals surface area contributed by atoms with E-state index in [4.69, 9.17) is 12.2 Å². The van der Waals surface area contributed by atoms with Crippen LogP contribution in [0.5, 0.6) is 0 Å². The molecule has 1 atom stereocenters. The molecule has 1 saturated heterocycles. The van der Waals surface area contributed by atoms with Crippen LogP contribution >= 0.6 is 12.2 Å². The van der Waals surface area contributed by atoms with Crippen molar-refractivity contribution in [3.05, 3.63) is 29.8 Å². The molecule has 0 bridgehead atoms. The molecule has 0 radical (unpaired) electrons. The lowest BCUT2D eigenvalue weighted by Gasteiger charge is -2.32. The molecule has 0 aromatic heterocycles. The summed E-state index contributed by atoms with van der Waals surface area (Å²) in [5.41, 5.74) is 2.47. The van der Waals surface area contributed by atoms with Gasteiger partial charge in [-0.15, -0.1) is 0 Å². The molecule has 2 rings (SSSR count). The van der Waals surface area contributed by atoms with E-state index in [2.05, 4.69) is 48.3 Å². The first-order chi connectivity index (χ1) is 9.74. The highest BCUT2D eigenvalue weighted by Crippen LogP contribution is 2.21. The summed E-state index contributed by atoms with van der Waals surface area (Å²) >= 11 is 5.65. The smallest absolute Gasteiger partial charge is 0.173 e. The van der Waals surface area contributed by atoms with Crippen molar-refractivity contribution in [1.82, 2.24) is 4.90 Å². The van der Waals surface area contributed by atoms with Gasteiger partial charge in [0.2, 0.25) is 0 Å². The zero-order valence-corrected chi connectivity index (χ0v) is 13.5. The highest BCUT2D eigenvalue weighted by Gasteiger charge is 2.21. The van der Waals surface area contributed by atoms with Gasteiger partial charge in [0.05, 0.1) is 0 Å². The quantitative estimate of drug-likeness (QED) is 0.819. The minimum atomic E-state index is 0.604. The Morgan fingerprint density at radius 3 is 2.90 bits per heavy atom. The lowest BCUT2D eigenvalue weighted by atomic mass is 10.1. The minimum Gasteiger partial charge on any atom is -0.346 e. The van der Waals surface area contributed by atoms with Gasteiger partial charge in [0.1, 0.15) is 0 Å². The third-order valence-corrected chi connectivity index (χ3v) is 4.53. The van der Waals surface area contributed by atoms with Gasteiger partial charge in [-0.05, 0) is 55.6 Å². The minimum absolute atomic E-state index is 0.604. The van der Waals surface area contributed by atoms with E-state index in [1.807, 2.05) is 0 Å². The van der Waals surface area contributed by atoms with Crippen LogP contribution in [-0.4, -0.2) is 22.6 Å². The highest BCUT2D eigenvalue weighted by molar-refractivity contribution is 7.80. The van der Waals surface area contributed by atoms with Crippen LogP contribution in [0.3, 0.4) is 0 Å². The normalized spacial score (nSPS) is 19.5. The Hall–Kier alpha value is -1.09. The Morgan fingerprint density at radius 2 is 2.15 bits per heavy atom. The first kappa shape index (κ1) is 15.3. The predicted octanol–water partition coefficient (Wildman–Crippen LogP) is 4.60. The van der Waals surface area contributed by atoms with E-state index < -0.39 is 0 Å². The second-order valence-corrected chi connectivity index (χ2v) is 5.98. The lowest BCUT2D eigenvalue weighted by Crippen LogP contribution is -2.42. The van der Waals surface area contributed by atoms with Crippen molar-refractivity contribution >= 4 is 23.0 Å². The lowest BCUT2D eigenvalue weighted by molar-refractivity contribution is 0.311. The zero-order valence-electron chi connectivity index (χ0n) is 12.7. The largest absolute Gasteiger partial charge is 0.346 e. The summed E-state index contributed by atoms with van der Waals surface area (Å²) in [7, 11) is 0. The van der Waals surface area contributed by atoms with Gasteiger partial charge in [-0.3, -0.25) is 0 Å². The standard InChI is InChI=1S/C17H26N2S/c1-3-14-9-8-10-15(13-14)18-17(20)19-12-7-5-6-11-16(19)4-2/h8-10,13,16H,3-7,11-12H2,1-2H3,(H,18,20). The van der Waals surface area contributed by atoms with E-state index in [-0.39, 0.29) is 0 Å². The van der Waals surface area contributed by atoms with Crippen molar-refractivity contribution < 1.29 is 0 Å². The summed E-state index contributed by atoms with van der Waals surface area (Å²) in [5.74, 6) is 0. The van der Waals surface area contributed by atoms with Crippen molar-refractivity contribution in [2.24, 2.45) is 0 Å². The van der Waals surface area contributed by atoms with Gasteiger partial charge in [0.25, 0.3) is 0 Å². The van der Waals surface area contributed by atoms with E-state index in [1.54, 1.807) is 0 Å². The molecule has 2 nitrogen and oxygen atoms in total. The molecule has 20 heavy (non-hydrogen) atoms. The Kier molecular flexibility index (Phi) is 5.84. The molecule has 0 saturated carbocycles. The van der Waals surface area contributed by atoms with E-state index >= 15 is 0 Å². The average molecular weight is 290 g/mol. The van der Waals surface area contributed by atoms with Gasteiger partial charge in [-0.1, -0.05) is 38.8 Å². The molecule has 1 N–H and O–H groups in total. The number of nitrogens with one attached hydrogen (secondary N) is 1. The summed E-state index contributed by atoms with van der Waals surface area (Å²) in [6, 6.07) is 9.17. The molecule has 0 aliphatic carbocycles. The fraction of sp³-hybridized carbons (Fsp3) is 0.588. The highest BCUT2D eigenvalue weighted by atomic mass is 32.1. The predicted molar refractivity (Wildman–Crippen MR) is 91.3 cm³/mol. The number of aryl methyl sites for hydroxylation is 1. The number of likely N-dealkylation sites (tertiary alicyclic amines) is 1. The molecule has 1 fully saturated rings. The van der Waals surface area contributed by atoms with Gasteiger partial charge in [-0.2, -0.15) is 0 Å². The van der Waals surface area contributed by atoms with Crippen molar-refractivity contribution in [1.29, 1.82) is 0 Å². The van der Waals surface area contributed by atoms with Gasteiger partial charge >= 0.3 is 0 Å². The van der Waals surface area contributed by atoms with Gasteiger partial charge in [0.15, 0.2) is 5.11 Å². The second kappa shape index (κ2) is 7.63. The molecule has 1 heterocycles. The van der Waals surface area contributed by atoms with Crippen molar-refractivity contribution in [3.63, 3.8) is 0 Å². The van der Waals surface area contributed by atoms with E-state index in [1.165, 1.54) is 37.7 Å². The topological polar surface area (TPSA) is 15.3 Å². The van der Waals surface area contributed by atoms with Crippen LogP contribution in [0, 0.1) is 0 Å². The summed E-state index contributed by atoms with van der Waals surface area (Å²) in [4.78, 5) is 2.40. The third kappa shape index (κ3) is 3.95. The van der Waals surface area contributed by atoms with Crippen LogP contribution in [-0.2, 0) is 6.42 Å². The maximum Gasteiger partial charge on any atom is 0.173 e. The summed E-state index contributed by atoms with van der Waals surface area (Å²) < 4.78 is 0. The first-order valence-corrected chi connectivity index (χ1v) is 8.32. The average Bonchev–Trinajstić information content (AvgIpc) is 2.72. The maximum absolute atomic E-state index is 5.65. The number of hydrogen-bond acceptors (Lipinski definition) is 1. The number of thiocarbonyl (C=S) groups is 1.